The van der Waals surface area contributed by atoms with Gasteiger partial charge in [-0.05, 0) is 62.6 Å². The molecule has 0 aromatic heterocycles. The van der Waals surface area contributed by atoms with E-state index < -0.39 is 0 Å². The number of nitrogens with zero attached hydrogens (tertiary/aromatic N) is 1. The third-order valence-corrected chi connectivity index (χ3v) is 4.69. The number of likely N-dealkylation sites (tertiary alicyclic amines) is 1. The lowest BCUT2D eigenvalue weighted by Crippen LogP contribution is -2.40. The average Bonchev–Trinajstić information content (AvgIpc) is 2.52. The van der Waals surface area contributed by atoms with Crippen LogP contribution in [0.25, 0.3) is 0 Å². The van der Waals surface area contributed by atoms with Gasteiger partial charge >= 0.3 is 0 Å². The zero-order chi connectivity index (χ0) is 15.8. The van der Waals surface area contributed by atoms with Gasteiger partial charge in [-0.3, -0.25) is 0 Å². The molecule has 1 aliphatic rings. The molecule has 1 unspecified atom stereocenters. The lowest BCUT2D eigenvalue weighted by molar-refractivity contribution is 0.143. The van der Waals surface area contributed by atoms with Crippen LogP contribution in [0.2, 0.25) is 5.02 Å². The van der Waals surface area contributed by atoms with E-state index in [4.69, 9.17) is 23.8 Å². The van der Waals surface area contributed by atoms with Crippen LogP contribution in [0.4, 0.5) is 5.69 Å². The zero-order valence-electron chi connectivity index (χ0n) is 13.3. The monoisotopic (exact) mass is 339 g/mol. The van der Waals surface area contributed by atoms with E-state index in [1.54, 1.807) is 0 Å². The average molecular weight is 340 g/mol. The van der Waals surface area contributed by atoms with Crippen molar-refractivity contribution in [1.82, 2.24) is 10.2 Å². The van der Waals surface area contributed by atoms with Crippen LogP contribution in [0.1, 0.15) is 39.0 Å². The molecule has 0 aliphatic carbocycles. The molecule has 22 heavy (non-hydrogen) atoms. The largest absolute Gasteiger partial charge is 0.362 e. The molecule has 0 spiro atoms. The SMILES string of the molecule is CCC1CCCCN1CCCNC(=S)Nc1cccc(Cl)c1. The predicted octanol–water partition coefficient (Wildman–Crippen LogP) is 4.28. The molecule has 1 saturated heterocycles. The van der Waals surface area contributed by atoms with E-state index in [1.807, 2.05) is 24.3 Å². The fraction of sp³-hybridized carbons (Fsp3) is 0.588. The zero-order valence-corrected chi connectivity index (χ0v) is 14.8. The third-order valence-electron chi connectivity index (χ3n) is 4.21. The summed E-state index contributed by atoms with van der Waals surface area (Å²) < 4.78 is 0. The lowest BCUT2D eigenvalue weighted by atomic mass is 10.00. The van der Waals surface area contributed by atoms with Crippen LogP contribution in [0.15, 0.2) is 24.3 Å². The first-order valence-corrected chi connectivity index (χ1v) is 9.02. The van der Waals surface area contributed by atoms with Crippen LogP contribution < -0.4 is 10.6 Å². The molecule has 0 radical (unpaired) electrons. The molecule has 1 fully saturated rings. The number of thiocarbonyl (C=S) groups is 1. The molecule has 122 valence electrons. The van der Waals surface area contributed by atoms with Crippen molar-refractivity contribution in [2.24, 2.45) is 0 Å². The van der Waals surface area contributed by atoms with Gasteiger partial charge in [0.25, 0.3) is 0 Å². The van der Waals surface area contributed by atoms with Crippen LogP contribution in [0.3, 0.4) is 0 Å². The van der Waals surface area contributed by atoms with Crippen molar-refractivity contribution in [3.8, 4) is 0 Å². The topological polar surface area (TPSA) is 27.3 Å². The first kappa shape index (κ1) is 17.5. The number of nitrogens with one attached hydrogen (secondary N) is 2. The Kier molecular flexibility index (Phi) is 7.43. The summed E-state index contributed by atoms with van der Waals surface area (Å²) in [5.74, 6) is 0. The molecule has 1 aromatic carbocycles. The number of halogens is 1. The van der Waals surface area contributed by atoms with Crippen molar-refractivity contribution < 1.29 is 0 Å². The van der Waals surface area contributed by atoms with E-state index in [0.717, 1.165) is 31.2 Å². The fourth-order valence-electron chi connectivity index (χ4n) is 3.04. The van der Waals surface area contributed by atoms with Crippen molar-refractivity contribution >= 4 is 34.6 Å². The number of hydrogen-bond acceptors (Lipinski definition) is 2. The maximum absolute atomic E-state index is 5.96. The quantitative estimate of drug-likeness (QED) is 0.597. The molecular formula is C17H26ClN3S. The second-order valence-electron chi connectivity index (χ2n) is 5.84. The van der Waals surface area contributed by atoms with Gasteiger partial charge in [-0.1, -0.05) is 31.0 Å². The normalized spacial score (nSPS) is 18.9. The molecule has 0 bridgehead atoms. The summed E-state index contributed by atoms with van der Waals surface area (Å²) in [5.41, 5.74) is 0.923. The van der Waals surface area contributed by atoms with Gasteiger partial charge < -0.3 is 15.5 Å². The second-order valence-corrected chi connectivity index (χ2v) is 6.68. The highest BCUT2D eigenvalue weighted by molar-refractivity contribution is 7.80. The molecule has 1 heterocycles. The molecule has 1 aliphatic heterocycles. The maximum Gasteiger partial charge on any atom is 0.170 e. The predicted molar refractivity (Wildman–Crippen MR) is 99.8 cm³/mol. The molecule has 0 amide bonds. The minimum Gasteiger partial charge on any atom is -0.362 e. The molecule has 1 aromatic rings. The highest BCUT2D eigenvalue weighted by Gasteiger charge is 2.19. The molecule has 3 nitrogen and oxygen atoms in total. The van der Waals surface area contributed by atoms with E-state index in [-0.39, 0.29) is 0 Å². The highest BCUT2D eigenvalue weighted by Crippen LogP contribution is 2.19. The maximum atomic E-state index is 5.96. The van der Waals surface area contributed by atoms with Crippen LogP contribution in [0, 0.1) is 0 Å². The van der Waals surface area contributed by atoms with Gasteiger partial charge in [0.2, 0.25) is 0 Å². The minimum atomic E-state index is 0.660. The number of benzene rings is 1. The van der Waals surface area contributed by atoms with E-state index in [9.17, 15) is 0 Å². The smallest absolute Gasteiger partial charge is 0.170 e. The van der Waals surface area contributed by atoms with Gasteiger partial charge in [0.1, 0.15) is 0 Å². The summed E-state index contributed by atoms with van der Waals surface area (Å²) in [6.07, 6.45) is 6.48. The van der Waals surface area contributed by atoms with Crippen LogP contribution in [-0.4, -0.2) is 35.7 Å². The second kappa shape index (κ2) is 9.33. The third kappa shape index (κ3) is 5.75. The van der Waals surface area contributed by atoms with Gasteiger partial charge in [-0.2, -0.15) is 0 Å². The molecule has 0 saturated carbocycles. The Bertz CT molecular complexity index is 481. The van der Waals surface area contributed by atoms with Crippen LogP contribution in [-0.2, 0) is 0 Å². The molecule has 1 atom stereocenters. The summed E-state index contributed by atoms with van der Waals surface area (Å²) in [6.45, 7) is 5.61. The fourth-order valence-corrected chi connectivity index (χ4v) is 3.45. The van der Waals surface area contributed by atoms with Gasteiger partial charge in [0, 0.05) is 29.8 Å². The Morgan fingerprint density at radius 3 is 3.05 bits per heavy atom. The van der Waals surface area contributed by atoms with Crippen molar-refractivity contribution in [3.05, 3.63) is 29.3 Å². The van der Waals surface area contributed by atoms with E-state index in [1.165, 1.54) is 32.2 Å². The van der Waals surface area contributed by atoms with Gasteiger partial charge in [-0.25, -0.2) is 0 Å². The van der Waals surface area contributed by atoms with E-state index >= 15 is 0 Å². The van der Waals surface area contributed by atoms with Crippen LogP contribution >= 0.6 is 23.8 Å². The lowest BCUT2D eigenvalue weighted by Gasteiger charge is -2.35. The van der Waals surface area contributed by atoms with Crippen molar-refractivity contribution in [3.63, 3.8) is 0 Å². The van der Waals surface area contributed by atoms with Crippen molar-refractivity contribution in [2.45, 2.75) is 45.1 Å². The summed E-state index contributed by atoms with van der Waals surface area (Å²) in [7, 11) is 0. The number of anilines is 1. The first-order chi connectivity index (χ1) is 10.7. The Hall–Kier alpha value is -0.840. The summed E-state index contributed by atoms with van der Waals surface area (Å²) >= 11 is 11.3. The Morgan fingerprint density at radius 2 is 2.27 bits per heavy atom. The molecule has 2 N–H and O–H groups in total. The van der Waals surface area contributed by atoms with Crippen molar-refractivity contribution in [2.75, 3.05) is 25.0 Å². The van der Waals surface area contributed by atoms with Crippen LogP contribution in [0.5, 0.6) is 0 Å². The first-order valence-electron chi connectivity index (χ1n) is 8.23. The number of piperidine rings is 1. The van der Waals surface area contributed by atoms with Gasteiger partial charge in [0.15, 0.2) is 5.11 Å². The molecule has 2 rings (SSSR count). The van der Waals surface area contributed by atoms with Gasteiger partial charge in [-0.15, -0.1) is 0 Å². The summed E-state index contributed by atoms with van der Waals surface area (Å²) in [4.78, 5) is 2.64. The highest BCUT2D eigenvalue weighted by atomic mass is 35.5. The minimum absolute atomic E-state index is 0.660. The Balaban J connectivity index is 1.64. The standard InChI is InChI=1S/C17H26ClN3S/c1-2-16-9-3-4-11-21(16)12-6-10-19-17(22)20-15-8-5-7-14(18)13-15/h5,7-8,13,16H,2-4,6,9-12H2,1H3,(H2,19,20,22). The Morgan fingerprint density at radius 1 is 1.41 bits per heavy atom. The Labute approximate surface area is 144 Å². The van der Waals surface area contributed by atoms with Gasteiger partial charge in [0.05, 0.1) is 0 Å². The van der Waals surface area contributed by atoms with E-state index in [2.05, 4.69) is 22.5 Å². The summed E-state index contributed by atoms with van der Waals surface area (Å²) in [6, 6.07) is 8.37. The van der Waals surface area contributed by atoms with E-state index in [0.29, 0.717) is 10.1 Å². The van der Waals surface area contributed by atoms with Crippen molar-refractivity contribution in [1.29, 1.82) is 0 Å². The molecular weight excluding hydrogens is 314 g/mol. The molecule has 5 heteroatoms. The summed E-state index contributed by atoms with van der Waals surface area (Å²) in [5, 5.41) is 7.81. The number of rotatable bonds is 6. The number of hydrogen-bond donors (Lipinski definition) is 2.